The van der Waals surface area contributed by atoms with Gasteiger partial charge in [0.2, 0.25) is 0 Å². The fourth-order valence-corrected chi connectivity index (χ4v) is 5.21. The topological polar surface area (TPSA) is 64.2 Å². The van der Waals surface area contributed by atoms with Gasteiger partial charge in [0.05, 0.1) is 11.4 Å². The number of halogens is 1. The molecular weight excluding hydrogens is 467 g/mol. The number of para-hydroxylation sites is 2. The summed E-state index contributed by atoms with van der Waals surface area (Å²) in [5.74, 6) is -0.287. The molecule has 28 heavy (non-hydrogen) atoms. The Morgan fingerprint density at radius 2 is 1.11 bits per heavy atom. The van der Waals surface area contributed by atoms with E-state index in [4.69, 9.17) is 0 Å². The monoisotopic (exact) mass is 483 g/mol. The number of hydrogen-bond donors (Lipinski definition) is 1. The second-order valence-corrected chi connectivity index (χ2v) is 8.82. The highest BCUT2D eigenvalue weighted by Gasteiger charge is 2.31. The second-order valence-electron chi connectivity index (χ2n) is 5.96. The summed E-state index contributed by atoms with van der Waals surface area (Å²) in [4.78, 5) is 26.4. The quantitative estimate of drug-likeness (QED) is 0.410. The summed E-state index contributed by atoms with van der Waals surface area (Å²) in [6.07, 6.45) is 0. The highest BCUT2D eigenvalue weighted by Crippen LogP contribution is 2.13. The molecule has 0 fully saturated rings. The van der Waals surface area contributed by atoms with Gasteiger partial charge in [-0.15, -0.1) is 0 Å². The molecule has 0 radical (unpaired) electrons. The van der Waals surface area contributed by atoms with Crippen LogP contribution in [0.25, 0.3) is 11.4 Å². The van der Waals surface area contributed by atoms with Crippen LogP contribution in [-0.2, 0) is 0 Å². The predicted octanol–water partition coefficient (Wildman–Crippen LogP) is -0.178. The van der Waals surface area contributed by atoms with Gasteiger partial charge >= 0.3 is 36.0 Å². The van der Waals surface area contributed by atoms with Crippen LogP contribution in [-0.4, -0.2) is 14.2 Å². The molecule has 0 bridgehead atoms. The van der Waals surface area contributed by atoms with E-state index >= 15 is 0 Å². The number of aromatic nitrogens is 2. The van der Waals surface area contributed by atoms with E-state index in [1.54, 1.807) is 48.5 Å². The maximum absolute atomic E-state index is 13.2. The molecule has 5 nitrogen and oxygen atoms in total. The average Bonchev–Trinajstić information content (AvgIpc) is 2.74. The summed E-state index contributed by atoms with van der Waals surface area (Å²) < 4.78 is 3.58. The normalized spacial score (nSPS) is 10.7. The van der Waals surface area contributed by atoms with E-state index in [-0.39, 0.29) is 9.45 Å². The Balaban J connectivity index is 2.03. The smallest absolute Gasteiger partial charge is 0.370 e. The third-order valence-corrected chi connectivity index (χ3v) is 6.97. The molecule has 0 saturated heterocycles. The number of aromatic hydroxyl groups is 1. The lowest BCUT2D eigenvalue weighted by atomic mass is 10.3. The van der Waals surface area contributed by atoms with Crippen LogP contribution in [0.4, 0.5) is 0 Å². The largest absolute Gasteiger partial charge is 0.491 e. The van der Waals surface area contributed by atoms with Crippen LogP contribution in [0.15, 0.2) is 101 Å². The Morgan fingerprint density at radius 1 is 0.643 bits per heavy atom. The van der Waals surface area contributed by atoms with Crippen molar-refractivity contribution in [2.24, 2.45) is 0 Å². The fraction of sp³-hybridized carbons (Fsp3) is 0. The van der Waals surface area contributed by atoms with E-state index in [0.29, 0.717) is 11.4 Å². The van der Waals surface area contributed by atoms with Crippen molar-refractivity contribution >= 4 is 0 Å². The van der Waals surface area contributed by atoms with Crippen molar-refractivity contribution in [1.29, 1.82) is 0 Å². The third kappa shape index (κ3) is 3.38. The first-order valence-corrected chi connectivity index (χ1v) is 10.7. The molecule has 138 valence electrons. The Morgan fingerprint density at radius 3 is 1.64 bits per heavy atom. The lowest BCUT2D eigenvalue weighted by Crippen LogP contribution is -3.62. The summed E-state index contributed by atoms with van der Waals surface area (Å²) in [6, 6.07) is 27.2. The third-order valence-electron chi connectivity index (χ3n) is 4.15. The van der Waals surface area contributed by atoms with Crippen LogP contribution >= 0.6 is 0 Å². The molecule has 1 heterocycles. The molecule has 0 aliphatic heterocycles. The lowest BCUT2D eigenvalue weighted by Gasteiger charge is -2.12. The van der Waals surface area contributed by atoms with Crippen LogP contribution in [0.5, 0.6) is 5.88 Å². The summed E-state index contributed by atoms with van der Waals surface area (Å²) in [7, 11) is 0. The van der Waals surface area contributed by atoms with Gasteiger partial charge in [0, 0.05) is 0 Å². The molecular formula is C22H16IN2O3+. The number of hydrogen-bond acceptors (Lipinski definition) is 3. The van der Waals surface area contributed by atoms with Crippen molar-refractivity contribution in [3.05, 3.63) is 119 Å². The molecule has 0 unspecified atom stereocenters. The minimum absolute atomic E-state index is 0.275. The minimum Gasteiger partial charge on any atom is -0.491 e. The van der Waals surface area contributed by atoms with Gasteiger partial charge in [0.1, 0.15) is 0 Å². The van der Waals surface area contributed by atoms with Crippen LogP contribution < -0.4 is 32.5 Å². The average molecular weight is 483 g/mol. The summed E-state index contributed by atoms with van der Waals surface area (Å²) >= 11 is -0.988. The molecule has 4 aromatic rings. The van der Waals surface area contributed by atoms with Crippen molar-refractivity contribution in [2.75, 3.05) is 0 Å². The van der Waals surface area contributed by atoms with Gasteiger partial charge in [-0.3, -0.25) is 4.79 Å². The Hall–Kier alpha value is -3.13. The standard InChI is InChI=1S/C22H15IN2O3/c26-20-19(23-16-10-4-1-5-11-16)21(27)25(18-14-8-3-9-15-18)22(28)24(20)17-12-6-2-7-13-17/h1-15H/p+1. The molecule has 1 N–H and O–H groups in total. The van der Waals surface area contributed by atoms with Crippen molar-refractivity contribution in [3.63, 3.8) is 0 Å². The molecule has 0 saturated carbocycles. The SMILES string of the molecule is O=c1c([I+]c2ccccc2)c(O)n(-c2ccccc2)c(=O)n1-c1ccccc1. The molecule has 1 aromatic heterocycles. The van der Waals surface area contributed by atoms with Crippen molar-refractivity contribution in [3.8, 4) is 17.3 Å². The van der Waals surface area contributed by atoms with Gasteiger partial charge < -0.3 is 5.11 Å². The molecule has 4 rings (SSSR count). The van der Waals surface area contributed by atoms with E-state index in [1.807, 2.05) is 42.5 Å². The fourth-order valence-electron chi connectivity index (χ4n) is 2.85. The highest BCUT2D eigenvalue weighted by atomic mass is 127. The summed E-state index contributed by atoms with van der Waals surface area (Å²) in [5.41, 5.74) is -0.0910. The van der Waals surface area contributed by atoms with E-state index in [0.717, 1.165) is 8.14 Å². The minimum atomic E-state index is -0.988. The van der Waals surface area contributed by atoms with Crippen LogP contribution in [0.3, 0.4) is 0 Å². The van der Waals surface area contributed by atoms with Gasteiger partial charge in [0.25, 0.3) is 5.88 Å². The van der Waals surface area contributed by atoms with Gasteiger partial charge in [-0.2, -0.15) is 0 Å². The highest BCUT2D eigenvalue weighted by molar-refractivity contribution is 5.37. The zero-order chi connectivity index (χ0) is 19.5. The van der Waals surface area contributed by atoms with E-state index < -0.39 is 32.5 Å². The molecule has 6 heteroatoms. The molecule has 0 aliphatic carbocycles. The molecule has 0 spiro atoms. The van der Waals surface area contributed by atoms with Gasteiger partial charge in [-0.05, 0) is 36.4 Å². The van der Waals surface area contributed by atoms with Crippen LogP contribution in [0.2, 0.25) is 0 Å². The maximum Gasteiger partial charge on any atom is 0.370 e. The molecule has 3 aromatic carbocycles. The van der Waals surface area contributed by atoms with Crippen LogP contribution in [0.1, 0.15) is 0 Å². The van der Waals surface area contributed by atoms with E-state index in [2.05, 4.69) is 0 Å². The zero-order valence-electron chi connectivity index (χ0n) is 14.7. The van der Waals surface area contributed by atoms with E-state index in [9.17, 15) is 14.7 Å². The first kappa shape index (κ1) is 18.2. The van der Waals surface area contributed by atoms with E-state index in [1.165, 1.54) is 4.57 Å². The number of benzene rings is 3. The molecule has 0 aliphatic rings. The molecule has 0 atom stereocenters. The number of nitrogens with zero attached hydrogens (tertiary/aromatic N) is 2. The molecule has 0 amide bonds. The maximum atomic E-state index is 13.2. The van der Waals surface area contributed by atoms with Gasteiger partial charge in [0.15, 0.2) is 3.57 Å². The second kappa shape index (κ2) is 7.85. The van der Waals surface area contributed by atoms with Gasteiger partial charge in [-0.25, -0.2) is 13.9 Å². The van der Waals surface area contributed by atoms with Crippen LogP contribution in [0, 0.1) is 7.14 Å². The summed E-state index contributed by atoms with van der Waals surface area (Å²) in [6.45, 7) is 0. The van der Waals surface area contributed by atoms with Crippen molar-refractivity contribution < 1.29 is 26.3 Å². The Kier molecular flexibility index (Phi) is 5.12. The summed E-state index contributed by atoms with van der Waals surface area (Å²) in [5, 5.41) is 10.9. The van der Waals surface area contributed by atoms with Gasteiger partial charge in [-0.1, -0.05) is 54.6 Å². The van der Waals surface area contributed by atoms with Crippen molar-refractivity contribution in [2.45, 2.75) is 0 Å². The lowest BCUT2D eigenvalue weighted by molar-refractivity contribution is -0.600. The first-order valence-electron chi connectivity index (χ1n) is 8.58. The first-order chi connectivity index (χ1) is 13.7. The Bertz CT molecular complexity index is 1220. The number of rotatable bonds is 4. The Labute approximate surface area is 171 Å². The zero-order valence-corrected chi connectivity index (χ0v) is 16.9. The predicted molar refractivity (Wildman–Crippen MR) is 103 cm³/mol. The van der Waals surface area contributed by atoms with Crippen molar-refractivity contribution in [1.82, 2.24) is 9.13 Å².